The number of nitrogens with zero attached hydrogens (tertiary/aromatic N) is 2. The van der Waals surface area contributed by atoms with Crippen molar-refractivity contribution in [3.63, 3.8) is 0 Å². The van der Waals surface area contributed by atoms with Gasteiger partial charge in [0, 0.05) is 5.75 Å². The molecule has 0 aliphatic heterocycles. The Morgan fingerprint density at radius 1 is 0.793 bits per heavy atom. The minimum absolute atomic E-state index is 0.269. The van der Waals surface area contributed by atoms with E-state index in [2.05, 4.69) is 10.2 Å². The normalized spacial score (nSPS) is 10.9. The monoisotopic (exact) mass is 401 g/mol. The molecule has 0 bridgehead atoms. The van der Waals surface area contributed by atoms with E-state index in [4.69, 9.17) is 0 Å². The van der Waals surface area contributed by atoms with Gasteiger partial charge in [-0.1, -0.05) is 103 Å². The number of hydrogen-bond acceptors (Lipinski definition) is 4. The van der Waals surface area contributed by atoms with Crippen LogP contribution in [0.4, 0.5) is 0 Å². The molecule has 0 radical (unpaired) electrons. The first kappa shape index (κ1) is 19.0. The first-order valence-corrected chi connectivity index (χ1v) is 10.2. The predicted molar refractivity (Wildman–Crippen MR) is 115 cm³/mol. The molecule has 0 saturated carbocycles. The zero-order valence-corrected chi connectivity index (χ0v) is 16.4. The molecule has 4 aromatic rings. The summed E-state index contributed by atoms with van der Waals surface area (Å²) in [7, 11) is 0. The summed E-state index contributed by atoms with van der Waals surface area (Å²) in [6.45, 7) is 0. The van der Waals surface area contributed by atoms with Gasteiger partial charge < -0.3 is 0 Å². The number of thioether (sulfide) groups is 1. The highest BCUT2D eigenvalue weighted by atomic mass is 32.2. The lowest BCUT2D eigenvalue weighted by molar-refractivity contribution is 0.567. The van der Waals surface area contributed by atoms with Gasteiger partial charge in [0.05, 0.1) is 6.04 Å². The Balaban J connectivity index is 1.79. The Bertz CT molecular complexity index is 1150. The summed E-state index contributed by atoms with van der Waals surface area (Å²) >= 11 is 1.32. The van der Waals surface area contributed by atoms with Gasteiger partial charge in [0.25, 0.3) is 5.56 Å². The van der Waals surface area contributed by atoms with Gasteiger partial charge in [-0.3, -0.25) is 4.79 Å². The molecule has 1 N–H and O–H groups in total. The van der Waals surface area contributed by atoms with Gasteiger partial charge in [0.1, 0.15) is 0 Å². The summed E-state index contributed by atoms with van der Waals surface area (Å²) in [5.41, 5.74) is 1.87. The smallest absolute Gasteiger partial charge is 0.266 e. The molecule has 6 heteroatoms. The number of rotatable bonds is 6. The van der Waals surface area contributed by atoms with E-state index in [0.29, 0.717) is 5.75 Å². The van der Waals surface area contributed by atoms with Crippen LogP contribution in [0.25, 0.3) is 0 Å². The number of benzene rings is 3. The topological polar surface area (TPSA) is 67.8 Å². The number of aromatic amines is 1. The third-order valence-electron chi connectivity index (χ3n) is 4.58. The summed E-state index contributed by atoms with van der Waals surface area (Å²) < 4.78 is 1.25. The van der Waals surface area contributed by atoms with Crippen molar-refractivity contribution >= 4 is 11.8 Å². The molecule has 0 saturated heterocycles. The summed E-state index contributed by atoms with van der Waals surface area (Å²) in [5.74, 6) is 0.594. The van der Waals surface area contributed by atoms with Crippen LogP contribution >= 0.6 is 11.8 Å². The molecular formula is C23H19N3O2S. The molecule has 144 valence electrons. The highest BCUT2D eigenvalue weighted by molar-refractivity contribution is 7.98. The molecule has 3 aromatic carbocycles. The van der Waals surface area contributed by atoms with E-state index < -0.39 is 17.3 Å². The third kappa shape index (κ3) is 4.22. The summed E-state index contributed by atoms with van der Waals surface area (Å²) in [4.78, 5) is 25.9. The van der Waals surface area contributed by atoms with Gasteiger partial charge in [-0.15, -0.1) is 0 Å². The molecule has 0 fully saturated rings. The molecule has 0 amide bonds. The van der Waals surface area contributed by atoms with Gasteiger partial charge in [0.2, 0.25) is 0 Å². The summed E-state index contributed by atoms with van der Waals surface area (Å²) in [6, 6.07) is 28.4. The van der Waals surface area contributed by atoms with Crippen LogP contribution in [0.5, 0.6) is 0 Å². The fourth-order valence-electron chi connectivity index (χ4n) is 3.21. The number of aromatic nitrogens is 3. The molecule has 4 rings (SSSR count). The average Bonchev–Trinajstić information content (AvgIpc) is 2.78. The van der Waals surface area contributed by atoms with Crippen molar-refractivity contribution in [1.82, 2.24) is 14.8 Å². The van der Waals surface area contributed by atoms with Crippen molar-refractivity contribution in [2.45, 2.75) is 16.8 Å². The largest absolute Gasteiger partial charge is 0.345 e. The van der Waals surface area contributed by atoms with Crippen LogP contribution in [-0.2, 0) is 5.75 Å². The fourth-order valence-corrected chi connectivity index (χ4v) is 4.04. The lowest BCUT2D eigenvalue weighted by Crippen LogP contribution is -2.40. The summed E-state index contributed by atoms with van der Waals surface area (Å²) in [6.07, 6.45) is 0. The van der Waals surface area contributed by atoms with Gasteiger partial charge in [0.15, 0.2) is 5.03 Å². The van der Waals surface area contributed by atoms with Crippen LogP contribution in [0, 0.1) is 0 Å². The second-order valence-corrected chi connectivity index (χ2v) is 7.47. The lowest BCUT2D eigenvalue weighted by Gasteiger charge is -2.20. The maximum Gasteiger partial charge on any atom is 0.345 e. The highest BCUT2D eigenvalue weighted by Gasteiger charge is 2.22. The maximum atomic E-state index is 13.3. The van der Waals surface area contributed by atoms with E-state index in [1.54, 1.807) is 0 Å². The van der Waals surface area contributed by atoms with Crippen molar-refractivity contribution in [3.05, 3.63) is 129 Å². The van der Waals surface area contributed by atoms with Crippen molar-refractivity contribution in [3.8, 4) is 0 Å². The van der Waals surface area contributed by atoms with E-state index in [-0.39, 0.29) is 5.03 Å². The van der Waals surface area contributed by atoms with Crippen LogP contribution in [-0.4, -0.2) is 14.8 Å². The average molecular weight is 401 g/mol. The number of hydrogen-bond donors (Lipinski definition) is 1. The van der Waals surface area contributed by atoms with Crippen LogP contribution < -0.4 is 11.2 Å². The molecular weight excluding hydrogens is 382 g/mol. The Morgan fingerprint density at radius 2 is 1.31 bits per heavy atom. The van der Waals surface area contributed by atoms with E-state index >= 15 is 0 Å². The predicted octanol–water partition coefficient (Wildman–Crippen LogP) is 3.86. The van der Waals surface area contributed by atoms with E-state index in [1.165, 1.54) is 16.3 Å². The van der Waals surface area contributed by atoms with Crippen molar-refractivity contribution < 1.29 is 0 Å². The van der Waals surface area contributed by atoms with E-state index in [0.717, 1.165) is 16.7 Å². The van der Waals surface area contributed by atoms with Crippen LogP contribution in [0.3, 0.4) is 0 Å². The molecule has 0 atom stereocenters. The Kier molecular flexibility index (Phi) is 5.72. The molecule has 0 spiro atoms. The second kappa shape index (κ2) is 8.75. The van der Waals surface area contributed by atoms with Gasteiger partial charge in [-0.2, -0.15) is 5.10 Å². The van der Waals surface area contributed by atoms with Crippen LogP contribution in [0.1, 0.15) is 22.7 Å². The fraction of sp³-hybridized carbons (Fsp3) is 0.0870. The standard InChI is InChI=1S/C23H19N3O2S/c27-22-21(29-16-17-10-4-1-5-11-17)24-25-23(28)26(22)20(18-12-6-2-7-13-18)19-14-8-3-9-15-19/h1-15,20H,16H2,(H,25,28). The van der Waals surface area contributed by atoms with E-state index in [9.17, 15) is 9.59 Å². The molecule has 5 nitrogen and oxygen atoms in total. The van der Waals surface area contributed by atoms with Crippen LogP contribution in [0.15, 0.2) is 106 Å². The minimum Gasteiger partial charge on any atom is -0.266 e. The Hall–Kier alpha value is -3.38. The van der Waals surface area contributed by atoms with Crippen molar-refractivity contribution in [2.75, 3.05) is 0 Å². The minimum atomic E-state index is -0.535. The van der Waals surface area contributed by atoms with Gasteiger partial charge in [-0.25, -0.2) is 14.5 Å². The highest BCUT2D eigenvalue weighted by Crippen LogP contribution is 2.25. The van der Waals surface area contributed by atoms with Crippen molar-refractivity contribution in [1.29, 1.82) is 0 Å². The molecule has 1 aromatic heterocycles. The SMILES string of the molecule is O=c1[nH]nc(SCc2ccccc2)c(=O)n1C(c1ccccc1)c1ccccc1. The Morgan fingerprint density at radius 3 is 1.86 bits per heavy atom. The quantitative estimate of drug-likeness (QED) is 0.498. The zero-order valence-electron chi connectivity index (χ0n) is 15.6. The zero-order chi connectivity index (χ0) is 20.1. The molecule has 0 aliphatic rings. The summed E-state index contributed by atoms with van der Waals surface area (Å²) in [5, 5.41) is 6.79. The second-order valence-electron chi connectivity index (χ2n) is 6.51. The first-order chi connectivity index (χ1) is 14.2. The molecule has 1 heterocycles. The molecule has 0 aliphatic carbocycles. The van der Waals surface area contributed by atoms with Gasteiger partial charge in [-0.05, 0) is 16.7 Å². The maximum absolute atomic E-state index is 13.3. The Labute approximate surface area is 172 Å². The van der Waals surface area contributed by atoms with Crippen molar-refractivity contribution in [2.24, 2.45) is 0 Å². The van der Waals surface area contributed by atoms with E-state index in [1.807, 2.05) is 91.0 Å². The first-order valence-electron chi connectivity index (χ1n) is 9.22. The third-order valence-corrected chi connectivity index (χ3v) is 5.60. The molecule has 29 heavy (non-hydrogen) atoms. The molecule has 0 unspecified atom stereocenters. The number of H-pyrrole nitrogens is 1. The van der Waals surface area contributed by atoms with Crippen LogP contribution in [0.2, 0.25) is 0 Å². The number of nitrogens with one attached hydrogen (secondary N) is 1. The van der Waals surface area contributed by atoms with Gasteiger partial charge >= 0.3 is 5.69 Å². The lowest BCUT2D eigenvalue weighted by atomic mass is 9.98.